The first-order chi connectivity index (χ1) is 4.77. The Morgan fingerprint density at radius 2 is 2.00 bits per heavy atom. The van der Waals surface area contributed by atoms with E-state index in [0.29, 0.717) is 6.61 Å². The molecule has 0 heterocycles. The molecule has 0 radical (unpaired) electrons. The van der Waals surface area contributed by atoms with Gasteiger partial charge in [0, 0.05) is 0 Å². The Morgan fingerprint density at radius 3 is 2.45 bits per heavy atom. The van der Waals surface area contributed by atoms with Crippen LogP contribution in [0.1, 0.15) is 32.6 Å². The monoisotopic (exact) mass is 222 g/mol. The summed E-state index contributed by atoms with van der Waals surface area (Å²) in [5.41, 5.74) is 0. The molecule has 0 rings (SSSR count). The largest absolute Gasteiger partial charge is 2.00 e. The zero-order valence-corrected chi connectivity index (χ0v) is 8.41. The van der Waals surface area contributed by atoms with Gasteiger partial charge in [0.15, 0.2) is 0 Å². The van der Waals surface area contributed by atoms with Crippen LogP contribution in [0.2, 0.25) is 0 Å². The van der Waals surface area contributed by atoms with Gasteiger partial charge in [0.05, 0.1) is 0 Å². The van der Waals surface area contributed by atoms with Crippen molar-refractivity contribution in [2.24, 2.45) is 0 Å². The van der Waals surface area contributed by atoms with Crippen molar-refractivity contribution in [1.29, 1.82) is 0 Å². The predicted octanol–water partition coefficient (Wildman–Crippen LogP) is 1.60. The van der Waals surface area contributed by atoms with E-state index in [1.165, 1.54) is 0 Å². The standard InChI is InChI=1S/C6H13O3P.Ni/c1-2-3-4-5-6-9-10(7)8;/h2-6H2,1H3;/q;+2. The smallest absolute Gasteiger partial charge is 0.566 e. The van der Waals surface area contributed by atoms with Crippen LogP contribution in [0.25, 0.3) is 0 Å². The Balaban J connectivity index is 0. The molecule has 1 atom stereocenters. The maximum Gasteiger partial charge on any atom is 2.00 e. The second kappa shape index (κ2) is 10.5. The molecule has 11 heavy (non-hydrogen) atoms. The van der Waals surface area contributed by atoms with E-state index >= 15 is 0 Å². The fourth-order valence-electron chi connectivity index (χ4n) is 0.668. The van der Waals surface area contributed by atoms with Gasteiger partial charge < -0.3 is 4.89 Å². The number of hydrogen-bond acceptors (Lipinski definition) is 3. The van der Waals surface area contributed by atoms with Crippen molar-refractivity contribution < 1.29 is 30.5 Å². The molecule has 3 nitrogen and oxygen atoms in total. The third kappa shape index (κ3) is 13.5. The second-order valence-corrected chi connectivity index (χ2v) is 2.82. The molecular weight excluding hydrogens is 210 g/mol. The van der Waals surface area contributed by atoms with Crippen molar-refractivity contribution >= 4 is 8.25 Å². The molecular formula is C6H13NiO3P+2. The molecule has 0 saturated heterocycles. The minimum absolute atomic E-state index is 0. The third-order valence-electron chi connectivity index (χ3n) is 1.19. The van der Waals surface area contributed by atoms with E-state index in [0.717, 1.165) is 25.7 Å². The second-order valence-electron chi connectivity index (χ2n) is 2.12. The van der Waals surface area contributed by atoms with Gasteiger partial charge in [-0.15, -0.1) is 4.52 Å². The maximum absolute atomic E-state index is 9.85. The molecule has 0 aliphatic heterocycles. The van der Waals surface area contributed by atoms with E-state index in [9.17, 15) is 9.46 Å². The van der Waals surface area contributed by atoms with Gasteiger partial charge in [-0.25, -0.2) is 0 Å². The molecule has 68 valence electrons. The summed E-state index contributed by atoms with van der Waals surface area (Å²) < 4.78 is 14.2. The van der Waals surface area contributed by atoms with Crippen LogP contribution in [-0.2, 0) is 25.6 Å². The van der Waals surface area contributed by atoms with Gasteiger partial charge in [-0.05, 0) is 11.0 Å². The normalized spacial score (nSPS) is 10.5. The number of unbranched alkanes of at least 4 members (excludes halogenated alkanes) is 3. The Morgan fingerprint density at radius 1 is 1.36 bits per heavy atom. The third-order valence-corrected chi connectivity index (χ3v) is 1.59. The van der Waals surface area contributed by atoms with Crippen molar-refractivity contribution in [2.75, 3.05) is 6.61 Å². The zero-order chi connectivity index (χ0) is 7.82. The Bertz CT molecular complexity index is 99.8. The van der Waals surface area contributed by atoms with Crippen molar-refractivity contribution in [3.63, 3.8) is 0 Å². The molecule has 0 aromatic carbocycles. The summed E-state index contributed by atoms with van der Waals surface area (Å²) in [6, 6.07) is 0. The zero-order valence-electron chi connectivity index (χ0n) is 6.52. The van der Waals surface area contributed by atoms with Crippen LogP contribution >= 0.6 is 8.25 Å². The van der Waals surface area contributed by atoms with Crippen LogP contribution in [0.4, 0.5) is 0 Å². The van der Waals surface area contributed by atoms with Gasteiger partial charge in [-0.1, -0.05) is 26.2 Å². The first-order valence-electron chi connectivity index (χ1n) is 3.54. The predicted molar refractivity (Wildman–Crippen MR) is 37.7 cm³/mol. The first-order valence-corrected chi connectivity index (χ1v) is 4.64. The minimum atomic E-state index is -2.62. The SMILES string of the molecule is CCCCCCO[P+](=O)[O-].[Ni+2]. The van der Waals surface area contributed by atoms with Gasteiger partial charge in [0.1, 0.15) is 6.61 Å². The van der Waals surface area contributed by atoms with Crippen LogP contribution in [-0.4, -0.2) is 6.61 Å². The van der Waals surface area contributed by atoms with Crippen molar-refractivity contribution in [2.45, 2.75) is 32.6 Å². The molecule has 0 saturated carbocycles. The van der Waals surface area contributed by atoms with Crippen molar-refractivity contribution in [3.8, 4) is 0 Å². The summed E-state index contributed by atoms with van der Waals surface area (Å²) >= 11 is 0. The van der Waals surface area contributed by atoms with Gasteiger partial charge >= 0.3 is 24.7 Å². The topological polar surface area (TPSA) is 49.4 Å². The molecule has 5 heteroatoms. The van der Waals surface area contributed by atoms with Gasteiger partial charge in [-0.3, -0.25) is 0 Å². The summed E-state index contributed by atoms with van der Waals surface area (Å²) in [5, 5.41) is 0. The molecule has 0 aromatic rings. The van der Waals surface area contributed by atoms with E-state index in [2.05, 4.69) is 11.4 Å². The summed E-state index contributed by atoms with van der Waals surface area (Å²) in [5.74, 6) is 0. The molecule has 0 bridgehead atoms. The van der Waals surface area contributed by atoms with E-state index in [1.54, 1.807) is 0 Å². The van der Waals surface area contributed by atoms with Crippen molar-refractivity contribution in [1.82, 2.24) is 0 Å². The van der Waals surface area contributed by atoms with Crippen LogP contribution in [0, 0.1) is 0 Å². The summed E-state index contributed by atoms with van der Waals surface area (Å²) in [4.78, 5) is 9.85. The molecule has 1 unspecified atom stereocenters. The maximum atomic E-state index is 9.85. The average Bonchev–Trinajstić information content (AvgIpc) is 1.87. The van der Waals surface area contributed by atoms with Gasteiger partial charge in [-0.2, -0.15) is 0 Å². The summed E-state index contributed by atoms with van der Waals surface area (Å²) in [7, 11) is -2.62. The molecule has 0 spiro atoms. The molecule has 0 aliphatic carbocycles. The van der Waals surface area contributed by atoms with E-state index in [4.69, 9.17) is 0 Å². The van der Waals surface area contributed by atoms with Crippen LogP contribution in [0.3, 0.4) is 0 Å². The van der Waals surface area contributed by atoms with Crippen LogP contribution in [0.15, 0.2) is 0 Å². The van der Waals surface area contributed by atoms with E-state index in [-0.39, 0.29) is 16.5 Å². The van der Waals surface area contributed by atoms with Crippen LogP contribution in [0.5, 0.6) is 0 Å². The Hall–Kier alpha value is 0.514. The molecule has 0 N–H and O–H groups in total. The van der Waals surface area contributed by atoms with Gasteiger partial charge in [0.25, 0.3) is 0 Å². The molecule has 0 amide bonds. The first kappa shape index (κ1) is 14.1. The Labute approximate surface area is 78.4 Å². The Kier molecular flexibility index (Phi) is 13.4. The summed E-state index contributed by atoms with van der Waals surface area (Å²) in [6.45, 7) is 2.45. The molecule has 0 aliphatic rings. The number of rotatable bonds is 6. The average molecular weight is 223 g/mol. The molecule has 0 fully saturated rings. The fourth-order valence-corrected chi connectivity index (χ4v) is 0.946. The summed E-state index contributed by atoms with van der Waals surface area (Å²) in [6.07, 6.45) is 4.21. The van der Waals surface area contributed by atoms with Gasteiger partial charge in [0.2, 0.25) is 0 Å². The fraction of sp³-hybridized carbons (Fsp3) is 1.00. The van der Waals surface area contributed by atoms with Crippen molar-refractivity contribution in [3.05, 3.63) is 0 Å². The van der Waals surface area contributed by atoms with E-state index in [1.807, 2.05) is 0 Å². The van der Waals surface area contributed by atoms with Crippen LogP contribution < -0.4 is 4.89 Å². The van der Waals surface area contributed by atoms with E-state index < -0.39 is 8.25 Å². The quantitative estimate of drug-likeness (QED) is 0.390. The number of hydrogen-bond donors (Lipinski definition) is 0. The minimum Gasteiger partial charge on any atom is -0.566 e. The molecule has 0 aromatic heterocycles.